The van der Waals surface area contributed by atoms with Gasteiger partial charge in [-0.25, -0.2) is 17.2 Å². The lowest BCUT2D eigenvalue weighted by Crippen LogP contribution is -2.08. The zero-order valence-electron chi connectivity index (χ0n) is 9.04. The first-order chi connectivity index (χ1) is 7.79. The third kappa shape index (κ3) is 4.99. The first-order valence-corrected chi connectivity index (χ1v) is 7.60. The van der Waals surface area contributed by atoms with Crippen LogP contribution in [0.5, 0.6) is 5.75 Å². The minimum atomic E-state index is -3.06. The van der Waals surface area contributed by atoms with Crippen molar-refractivity contribution in [2.45, 2.75) is 6.42 Å². The molecule has 0 saturated carbocycles. The van der Waals surface area contributed by atoms with Gasteiger partial charge in [0.1, 0.15) is 15.7 Å². The van der Waals surface area contributed by atoms with Gasteiger partial charge in [0.05, 0.1) is 16.8 Å². The van der Waals surface area contributed by atoms with Gasteiger partial charge < -0.3 is 4.74 Å². The van der Waals surface area contributed by atoms with E-state index in [4.69, 9.17) is 4.74 Å². The Balaban J connectivity index is 2.55. The van der Waals surface area contributed by atoms with Crippen LogP contribution in [0.4, 0.5) is 8.78 Å². The monoisotopic (exact) mass is 328 g/mol. The van der Waals surface area contributed by atoms with E-state index in [9.17, 15) is 17.2 Å². The Kier molecular flexibility index (Phi) is 4.88. The van der Waals surface area contributed by atoms with E-state index in [1.165, 1.54) is 0 Å². The molecule has 0 aliphatic heterocycles. The van der Waals surface area contributed by atoms with Crippen LogP contribution in [-0.4, -0.2) is 27.0 Å². The van der Waals surface area contributed by atoms with E-state index in [0.717, 1.165) is 18.4 Å². The van der Waals surface area contributed by atoms with Crippen LogP contribution in [0.3, 0.4) is 0 Å². The van der Waals surface area contributed by atoms with Crippen molar-refractivity contribution in [2.75, 3.05) is 18.6 Å². The molecule has 96 valence electrons. The van der Waals surface area contributed by atoms with Crippen molar-refractivity contribution in [3.8, 4) is 5.75 Å². The molecule has 17 heavy (non-hydrogen) atoms. The molecule has 0 atom stereocenters. The van der Waals surface area contributed by atoms with E-state index in [2.05, 4.69) is 15.9 Å². The van der Waals surface area contributed by atoms with Crippen LogP contribution >= 0.6 is 15.9 Å². The number of hydrogen-bond donors (Lipinski definition) is 0. The van der Waals surface area contributed by atoms with Crippen LogP contribution in [0.25, 0.3) is 0 Å². The van der Waals surface area contributed by atoms with Crippen LogP contribution in [0.2, 0.25) is 0 Å². The van der Waals surface area contributed by atoms with E-state index >= 15 is 0 Å². The van der Waals surface area contributed by atoms with Gasteiger partial charge in [0.15, 0.2) is 11.6 Å². The van der Waals surface area contributed by atoms with Gasteiger partial charge in [0, 0.05) is 12.3 Å². The molecule has 0 fully saturated rings. The smallest absolute Gasteiger partial charge is 0.166 e. The Labute approximate surface area is 107 Å². The van der Waals surface area contributed by atoms with Crippen molar-refractivity contribution < 1.29 is 21.9 Å². The zero-order chi connectivity index (χ0) is 13.1. The van der Waals surface area contributed by atoms with Crippen molar-refractivity contribution in [1.82, 2.24) is 0 Å². The van der Waals surface area contributed by atoms with Crippen LogP contribution in [-0.2, 0) is 9.84 Å². The molecule has 0 N–H and O–H groups in total. The fraction of sp³-hybridized carbons (Fsp3) is 0.400. The molecule has 0 radical (unpaired) electrons. The van der Waals surface area contributed by atoms with Crippen molar-refractivity contribution in [1.29, 1.82) is 0 Å². The lowest BCUT2D eigenvalue weighted by molar-refractivity contribution is 0.299. The molecule has 1 rings (SSSR count). The number of benzene rings is 1. The molecule has 0 heterocycles. The molecule has 7 heteroatoms. The topological polar surface area (TPSA) is 43.4 Å². The van der Waals surface area contributed by atoms with Crippen molar-refractivity contribution >= 4 is 25.8 Å². The summed E-state index contributed by atoms with van der Waals surface area (Å²) in [7, 11) is -3.06. The van der Waals surface area contributed by atoms with Crippen molar-refractivity contribution in [3.63, 3.8) is 0 Å². The van der Waals surface area contributed by atoms with Crippen LogP contribution in [0.1, 0.15) is 6.42 Å². The Bertz CT molecular complexity index is 503. The van der Waals surface area contributed by atoms with Gasteiger partial charge >= 0.3 is 0 Å². The summed E-state index contributed by atoms with van der Waals surface area (Å²) >= 11 is 2.84. The first-order valence-electron chi connectivity index (χ1n) is 4.74. The lowest BCUT2D eigenvalue weighted by Gasteiger charge is -2.07. The van der Waals surface area contributed by atoms with Gasteiger partial charge in [-0.1, -0.05) is 0 Å². The van der Waals surface area contributed by atoms with E-state index in [1.807, 2.05) is 0 Å². The third-order valence-corrected chi connectivity index (χ3v) is 3.53. The maximum Gasteiger partial charge on any atom is 0.166 e. The second kappa shape index (κ2) is 5.77. The summed E-state index contributed by atoms with van der Waals surface area (Å²) in [6.45, 7) is 0.0189. The summed E-state index contributed by atoms with van der Waals surface area (Å²) in [6.07, 6.45) is 1.34. The summed E-state index contributed by atoms with van der Waals surface area (Å²) in [6, 6.07) is 1.88. The molecule has 0 spiro atoms. The Hall–Kier alpha value is -0.690. The second-order valence-corrected chi connectivity index (χ2v) is 6.64. The highest BCUT2D eigenvalue weighted by Crippen LogP contribution is 2.25. The molecule has 0 aromatic heterocycles. The summed E-state index contributed by atoms with van der Waals surface area (Å²) < 4.78 is 52.9. The minimum absolute atomic E-state index is 0.0125. The van der Waals surface area contributed by atoms with E-state index in [-0.39, 0.29) is 29.0 Å². The summed E-state index contributed by atoms with van der Waals surface area (Å²) in [5.74, 6) is -1.60. The second-order valence-electron chi connectivity index (χ2n) is 3.53. The maximum absolute atomic E-state index is 13.3. The Morgan fingerprint density at radius 2 is 1.94 bits per heavy atom. The molecule has 0 unspecified atom stereocenters. The molecule has 0 bridgehead atoms. The van der Waals surface area contributed by atoms with E-state index in [1.54, 1.807) is 0 Å². The fourth-order valence-electron chi connectivity index (χ4n) is 1.12. The van der Waals surface area contributed by atoms with Gasteiger partial charge in [-0.05, 0) is 28.4 Å². The molecule has 0 aliphatic rings. The number of ether oxygens (including phenoxy) is 1. The lowest BCUT2D eigenvalue weighted by atomic mass is 10.3. The van der Waals surface area contributed by atoms with Gasteiger partial charge in [0.25, 0.3) is 0 Å². The number of halogens is 3. The third-order valence-electron chi connectivity index (χ3n) is 1.89. The SMILES string of the molecule is CS(=O)(=O)CCCOc1cc(F)c(Br)cc1F. The van der Waals surface area contributed by atoms with Gasteiger partial charge in [-0.3, -0.25) is 0 Å². The van der Waals surface area contributed by atoms with Crippen LogP contribution in [0, 0.1) is 11.6 Å². The fourth-order valence-corrected chi connectivity index (χ4v) is 2.08. The minimum Gasteiger partial charge on any atom is -0.490 e. The summed E-state index contributed by atoms with van der Waals surface area (Å²) in [4.78, 5) is 0. The highest BCUT2D eigenvalue weighted by Gasteiger charge is 2.09. The highest BCUT2D eigenvalue weighted by molar-refractivity contribution is 9.10. The normalized spacial score (nSPS) is 11.5. The predicted octanol–water partition coefficient (Wildman–Crippen LogP) is 2.54. The Morgan fingerprint density at radius 1 is 1.29 bits per heavy atom. The number of rotatable bonds is 5. The predicted molar refractivity (Wildman–Crippen MR) is 63.9 cm³/mol. The largest absolute Gasteiger partial charge is 0.490 e. The van der Waals surface area contributed by atoms with E-state index in [0.29, 0.717) is 0 Å². The summed E-state index contributed by atoms with van der Waals surface area (Å²) in [5, 5.41) is 0. The van der Waals surface area contributed by atoms with Gasteiger partial charge in [0.2, 0.25) is 0 Å². The molecule has 1 aromatic rings. The molecule has 0 aliphatic carbocycles. The molecule has 0 saturated heterocycles. The number of hydrogen-bond acceptors (Lipinski definition) is 3. The van der Waals surface area contributed by atoms with E-state index < -0.39 is 21.5 Å². The zero-order valence-corrected chi connectivity index (χ0v) is 11.4. The highest BCUT2D eigenvalue weighted by atomic mass is 79.9. The quantitative estimate of drug-likeness (QED) is 0.616. The molecule has 3 nitrogen and oxygen atoms in total. The standard InChI is InChI=1S/C10H11BrF2O3S/c1-17(14,15)4-2-3-16-10-6-8(12)7(11)5-9(10)13/h5-6H,2-4H2,1H3. The average molecular weight is 329 g/mol. The Morgan fingerprint density at radius 3 is 2.53 bits per heavy atom. The number of sulfone groups is 1. The average Bonchev–Trinajstić information content (AvgIpc) is 2.18. The van der Waals surface area contributed by atoms with Crippen LogP contribution in [0.15, 0.2) is 16.6 Å². The maximum atomic E-state index is 13.3. The molecule has 1 aromatic carbocycles. The van der Waals surface area contributed by atoms with Crippen molar-refractivity contribution in [2.24, 2.45) is 0 Å². The summed E-state index contributed by atoms with van der Waals surface area (Å²) in [5.41, 5.74) is 0. The van der Waals surface area contributed by atoms with Gasteiger partial charge in [-0.15, -0.1) is 0 Å². The van der Waals surface area contributed by atoms with Crippen molar-refractivity contribution in [3.05, 3.63) is 28.2 Å². The molecular weight excluding hydrogens is 318 g/mol. The first kappa shape index (κ1) is 14.4. The van der Waals surface area contributed by atoms with Gasteiger partial charge in [-0.2, -0.15) is 0 Å². The molecular formula is C10H11BrF2O3S. The van der Waals surface area contributed by atoms with Crippen LogP contribution < -0.4 is 4.74 Å². The molecule has 0 amide bonds.